The summed E-state index contributed by atoms with van der Waals surface area (Å²) in [6.07, 6.45) is 10.3. The molecule has 0 aliphatic carbocycles. The van der Waals surface area contributed by atoms with Crippen LogP contribution in [0.3, 0.4) is 0 Å². The lowest BCUT2D eigenvalue weighted by Gasteiger charge is -2.22. The number of anilines is 2. The molecule has 0 unspecified atom stereocenters. The van der Waals surface area contributed by atoms with Gasteiger partial charge in [0.2, 0.25) is 0 Å². The summed E-state index contributed by atoms with van der Waals surface area (Å²) >= 11 is 0. The van der Waals surface area contributed by atoms with E-state index in [1.165, 1.54) is 12.6 Å². The molecule has 1 aliphatic rings. The van der Waals surface area contributed by atoms with Crippen molar-refractivity contribution in [2.45, 2.75) is 38.6 Å². The van der Waals surface area contributed by atoms with Crippen molar-refractivity contribution in [2.75, 3.05) is 18.5 Å². The fraction of sp³-hybridized carbons (Fsp3) is 0.296. The minimum atomic E-state index is -0.374. The van der Waals surface area contributed by atoms with Crippen molar-refractivity contribution in [1.29, 1.82) is 0 Å². The Kier molecular flexibility index (Phi) is 7.66. The molecule has 0 radical (unpaired) electrons. The molecule has 1 aliphatic heterocycles. The van der Waals surface area contributed by atoms with Crippen LogP contribution in [0.15, 0.2) is 61.2 Å². The topological polar surface area (TPSA) is 128 Å². The second-order valence-electron chi connectivity index (χ2n) is 8.92. The number of hydrogen-bond donors (Lipinski definition) is 2. The Balaban J connectivity index is 1.23. The third-order valence-corrected chi connectivity index (χ3v) is 5.96. The first-order valence-corrected chi connectivity index (χ1v) is 12.3. The molecule has 0 amide bonds. The molecule has 0 spiro atoms. The van der Waals surface area contributed by atoms with Gasteiger partial charge in [0.05, 0.1) is 5.56 Å². The van der Waals surface area contributed by atoms with Gasteiger partial charge in [-0.25, -0.2) is 29.7 Å². The van der Waals surface area contributed by atoms with E-state index in [0.29, 0.717) is 47.6 Å². The van der Waals surface area contributed by atoms with Crippen molar-refractivity contribution >= 4 is 17.6 Å². The van der Waals surface area contributed by atoms with Crippen molar-refractivity contribution in [3.8, 4) is 11.5 Å². The van der Waals surface area contributed by atoms with Gasteiger partial charge in [-0.3, -0.25) is 4.98 Å². The van der Waals surface area contributed by atoms with Gasteiger partial charge in [-0.15, -0.1) is 0 Å². The number of carbonyl (C=O) groups is 1. The van der Waals surface area contributed by atoms with Crippen LogP contribution in [0, 0.1) is 6.92 Å². The van der Waals surface area contributed by atoms with E-state index in [1.807, 2.05) is 25.1 Å². The summed E-state index contributed by atoms with van der Waals surface area (Å²) in [6.45, 7) is 3.26. The third kappa shape index (κ3) is 6.68. The predicted molar refractivity (Wildman–Crippen MR) is 138 cm³/mol. The van der Waals surface area contributed by atoms with Crippen LogP contribution in [0.2, 0.25) is 0 Å². The number of nitrogens with one attached hydrogen (secondary N) is 2. The molecule has 5 heterocycles. The lowest BCUT2D eigenvalue weighted by Crippen LogP contribution is -2.38. The number of aryl methyl sites for hydroxylation is 1. The summed E-state index contributed by atoms with van der Waals surface area (Å²) in [5, 5.41) is 6.59. The highest BCUT2D eigenvalue weighted by Crippen LogP contribution is 2.18. The lowest BCUT2D eigenvalue weighted by molar-refractivity contribution is 0.0450. The van der Waals surface area contributed by atoms with Gasteiger partial charge in [0.1, 0.15) is 29.8 Å². The Hall–Kier alpha value is -4.31. The van der Waals surface area contributed by atoms with Crippen LogP contribution in [0.1, 0.15) is 46.7 Å². The predicted octanol–water partition coefficient (Wildman–Crippen LogP) is 3.67. The van der Waals surface area contributed by atoms with E-state index < -0.39 is 0 Å². The van der Waals surface area contributed by atoms with Gasteiger partial charge in [0.15, 0.2) is 5.82 Å². The molecule has 5 rings (SSSR count). The fourth-order valence-electron chi connectivity index (χ4n) is 4.11. The van der Waals surface area contributed by atoms with Crippen LogP contribution < -0.4 is 10.6 Å². The molecule has 2 N–H and O–H groups in total. The first-order chi connectivity index (χ1) is 18.1. The van der Waals surface area contributed by atoms with Crippen LogP contribution in [0.5, 0.6) is 0 Å². The SMILES string of the molecule is Cc1cccc(-c2nccc(Nc3ccnc(Cc4cncc(C(=O)OC[C@H]5CCCCN5)c4)n3)n2)n1. The lowest BCUT2D eigenvalue weighted by atomic mass is 10.1. The zero-order valence-corrected chi connectivity index (χ0v) is 20.6. The zero-order valence-electron chi connectivity index (χ0n) is 20.6. The number of rotatable bonds is 8. The van der Waals surface area contributed by atoms with E-state index in [2.05, 4.69) is 40.5 Å². The number of aromatic nitrogens is 6. The molecule has 10 nitrogen and oxygen atoms in total. The first kappa shape index (κ1) is 24.4. The number of pyridine rings is 2. The van der Waals surface area contributed by atoms with Crippen LogP contribution in [0.4, 0.5) is 11.6 Å². The minimum absolute atomic E-state index is 0.219. The second-order valence-corrected chi connectivity index (χ2v) is 8.92. The van der Waals surface area contributed by atoms with Gasteiger partial charge < -0.3 is 15.4 Å². The quantitative estimate of drug-likeness (QED) is 0.349. The Morgan fingerprint density at radius 3 is 2.76 bits per heavy atom. The van der Waals surface area contributed by atoms with Gasteiger partial charge in [0.25, 0.3) is 0 Å². The van der Waals surface area contributed by atoms with E-state index in [4.69, 9.17) is 4.74 Å². The van der Waals surface area contributed by atoms with Gasteiger partial charge >= 0.3 is 5.97 Å². The van der Waals surface area contributed by atoms with Crippen molar-refractivity contribution in [3.63, 3.8) is 0 Å². The number of ether oxygens (including phenoxy) is 1. The summed E-state index contributed by atoms with van der Waals surface area (Å²) in [5.74, 6) is 1.92. The van der Waals surface area contributed by atoms with E-state index in [9.17, 15) is 4.79 Å². The summed E-state index contributed by atoms with van der Waals surface area (Å²) in [7, 11) is 0. The average Bonchev–Trinajstić information content (AvgIpc) is 2.93. The van der Waals surface area contributed by atoms with Crippen molar-refractivity contribution in [3.05, 3.63) is 83.8 Å². The zero-order chi connectivity index (χ0) is 25.5. The van der Waals surface area contributed by atoms with E-state index in [1.54, 1.807) is 36.8 Å². The van der Waals surface area contributed by atoms with Gasteiger partial charge in [0, 0.05) is 42.9 Å². The molecule has 10 heteroatoms. The molecule has 1 atom stereocenters. The molecule has 4 aromatic heterocycles. The summed E-state index contributed by atoms with van der Waals surface area (Å²) in [4.78, 5) is 39.1. The van der Waals surface area contributed by atoms with Crippen LogP contribution in [-0.2, 0) is 11.2 Å². The number of carbonyl (C=O) groups excluding carboxylic acids is 1. The molecule has 4 aromatic rings. The van der Waals surface area contributed by atoms with Crippen molar-refractivity contribution < 1.29 is 9.53 Å². The molecule has 0 bridgehead atoms. The van der Waals surface area contributed by atoms with Crippen molar-refractivity contribution in [2.24, 2.45) is 0 Å². The summed E-state index contributed by atoms with van der Waals surface area (Å²) in [5.41, 5.74) is 2.83. The van der Waals surface area contributed by atoms with Gasteiger partial charge in [-0.1, -0.05) is 12.5 Å². The van der Waals surface area contributed by atoms with Crippen LogP contribution in [0.25, 0.3) is 11.5 Å². The van der Waals surface area contributed by atoms with E-state index >= 15 is 0 Å². The Morgan fingerprint density at radius 1 is 1.05 bits per heavy atom. The highest BCUT2D eigenvalue weighted by Gasteiger charge is 2.16. The molecule has 1 fully saturated rings. The molecule has 1 saturated heterocycles. The maximum Gasteiger partial charge on any atom is 0.339 e. The Labute approximate surface area is 215 Å². The Morgan fingerprint density at radius 2 is 1.92 bits per heavy atom. The Bertz CT molecular complexity index is 1370. The number of nitrogens with zero attached hydrogens (tertiary/aromatic N) is 6. The molecule has 0 saturated carbocycles. The minimum Gasteiger partial charge on any atom is -0.460 e. The summed E-state index contributed by atoms with van der Waals surface area (Å²) in [6, 6.07) is 11.3. The monoisotopic (exact) mass is 496 g/mol. The van der Waals surface area contributed by atoms with Crippen LogP contribution in [-0.4, -0.2) is 55.1 Å². The van der Waals surface area contributed by atoms with Crippen LogP contribution >= 0.6 is 0 Å². The number of hydrogen-bond acceptors (Lipinski definition) is 10. The van der Waals surface area contributed by atoms with Crippen molar-refractivity contribution in [1.82, 2.24) is 35.2 Å². The van der Waals surface area contributed by atoms with Gasteiger partial charge in [-0.2, -0.15) is 0 Å². The smallest absolute Gasteiger partial charge is 0.339 e. The van der Waals surface area contributed by atoms with E-state index in [0.717, 1.165) is 30.6 Å². The second kappa shape index (κ2) is 11.6. The van der Waals surface area contributed by atoms with E-state index in [-0.39, 0.29) is 12.0 Å². The summed E-state index contributed by atoms with van der Waals surface area (Å²) < 4.78 is 5.51. The average molecular weight is 497 g/mol. The highest BCUT2D eigenvalue weighted by atomic mass is 16.5. The number of piperidine rings is 1. The molecular formula is C27H28N8O2. The van der Waals surface area contributed by atoms with Gasteiger partial charge in [-0.05, 0) is 62.2 Å². The normalized spacial score (nSPS) is 15.2. The standard InChI is InChI=1S/C27H28N8O2/c1-18-5-4-7-22(32-18)26-31-12-9-24(35-26)33-23-8-11-30-25(34-23)14-19-13-20(16-28-15-19)27(36)37-17-21-6-2-3-10-29-21/h4-5,7-9,11-13,15-16,21,29H,2-3,6,10,14,17H2,1H3,(H,30,31,33,34,35)/t21-/m1/s1. The third-order valence-electron chi connectivity index (χ3n) is 5.96. The molecule has 0 aromatic carbocycles. The number of esters is 1. The molecular weight excluding hydrogens is 468 g/mol. The first-order valence-electron chi connectivity index (χ1n) is 12.3. The maximum absolute atomic E-state index is 12.6. The fourth-order valence-corrected chi connectivity index (χ4v) is 4.11. The largest absolute Gasteiger partial charge is 0.460 e. The molecule has 188 valence electrons. The maximum atomic E-state index is 12.6. The molecule has 37 heavy (non-hydrogen) atoms. The highest BCUT2D eigenvalue weighted by molar-refractivity contribution is 5.89.